The minimum absolute atomic E-state index is 0.132. The lowest BCUT2D eigenvalue weighted by atomic mass is 10.2. The van der Waals surface area contributed by atoms with Gasteiger partial charge in [0.05, 0.1) is 17.0 Å². The van der Waals surface area contributed by atoms with Crippen molar-refractivity contribution in [1.82, 2.24) is 4.72 Å². The Morgan fingerprint density at radius 3 is 2.68 bits per heavy atom. The second-order valence-electron chi connectivity index (χ2n) is 5.55. The molecule has 2 N–H and O–H groups in total. The summed E-state index contributed by atoms with van der Waals surface area (Å²) in [7, 11) is -3.67. The highest BCUT2D eigenvalue weighted by molar-refractivity contribution is 7.91. The second kappa shape index (κ2) is 9.39. The maximum atomic E-state index is 11.9. The predicted molar refractivity (Wildman–Crippen MR) is 102 cm³/mol. The summed E-state index contributed by atoms with van der Waals surface area (Å²) in [4.78, 5) is 33.7. The van der Waals surface area contributed by atoms with Gasteiger partial charge in [0, 0.05) is 18.7 Å². The maximum absolute atomic E-state index is 11.9. The summed E-state index contributed by atoms with van der Waals surface area (Å²) in [5.74, 6) is -1.43. The van der Waals surface area contributed by atoms with Crippen molar-refractivity contribution in [2.45, 2.75) is 17.6 Å². The Morgan fingerprint density at radius 1 is 1.29 bits per heavy atom. The van der Waals surface area contributed by atoms with Crippen LogP contribution in [0.1, 0.15) is 12.0 Å². The Bertz CT molecular complexity index is 972. The Hall–Kier alpha value is -2.83. The van der Waals surface area contributed by atoms with Crippen LogP contribution < -0.4 is 10.0 Å². The third-order valence-corrected chi connectivity index (χ3v) is 6.31. The number of non-ortho nitro benzene ring substituents is 1. The molecule has 10 nitrogen and oxygen atoms in total. The number of carbonyl (C=O) groups is 2. The van der Waals surface area contributed by atoms with Crippen LogP contribution >= 0.6 is 11.3 Å². The summed E-state index contributed by atoms with van der Waals surface area (Å²) in [6.45, 7) is 0.883. The highest BCUT2D eigenvalue weighted by Gasteiger charge is 2.16. The molecule has 0 aliphatic heterocycles. The number of amides is 1. The Balaban J connectivity index is 1.77. The molecule has 0 aliphatic carbocycles. The van der Waals surface area contributed by atoms with E-state index in [1.807, 2.05) is 0 Å². The number of esters is 1. The van der Waals surface area contributed by atoms with E-state index in [9.17, 15) is 28.1 Å². The molecule has 1 aromatic carbocycles. The molecule has 0 unspecified atom stereocenters. The van der Waals surface area contributed by atoms with E-state index in [1.165, 1.54) is 24.3 Å². The normalized spacial score (nSPS) is 11.0. The average molecular weight is 427 g/mol. The summed E-state index contributed by atoms with van der Waals surface area (Å²) in [5.41, 5.74) is 0.656. The number of hydrogen-bond acceptors (Lipinski definition) is 8. The first-order valence-corrected chi connectivity index (χ1v) is 10.3. The molecule has 2 rings (SSSR count). The predicted octanol–water partition coefficient (Wildman–Crippen LogP) is 1.82. The Kier molecular flexibility index (Phi) is 7.20. The van der Waals surface area contributed by atoms with Gasteiger partial charge >= 0.3 is 5.97 Å². The number of nitrogens with one attached hydrogen (secondary N) is 2. The van der Waals surface area contributed by atoms with E-state index >= 15 is 0 Å². The third-order valence-electron chi connectivity index (χ3n) is 3.45. The first-order valence-electron chi connectivity index (χ1n) is 7.93. The number of nitro benzene ring substituents is 1. The molecule has 0 fully saturated rings. The summed E-state index contributed by atoms with van der Waals surface area (Å²) in [5, 5.41) is 14.8. The molecule has 0 saturated carbocycles. The third kappa shape index (κ3) is 6.11. The largest absolute Gasteiger partial charge is 0.456 e. The number of nitrogens with zero attached hydrogens (tertiary/aromatic N) is 1. The van der Waals surface area contributed by atoms with E-state index in [-0.39, 0.29) is 28.5 Å². The van der Waals surface area contributed by atoms with Crippen LogP contribution in [0.5, 0.6) is 0 Å². The molecular weight excluding hydrogens is 410 g/mol. The molecule has 1 heterocycles. The average Bonchev–Trinajstić information content (AvgIpc) is 3.17. The molecule has 2 aromatic rings. The standard InChI is InChI=1S/C16H17N3O7S2/c1-11-4-5-12(19(22)23)9-13(11)18-14(20)10-26-15(21)6-7-17-28(24,25)16-3-2-8-27-16/h2-5,8-9,17H,6-7,10H2,1H3,(H,18,20). The molecule has 0 bridgehead atoms. The first kappa shape index (κ1) is 21.5. The van der Waals surface area contributed by atoms with E-state index in [2.05, 4.69) is 10.0 Å². The number of sulfonamides is 1. The zero-order chi connectivity index (χ0) is 20.7. The van der Waals surface area contributed by atoms with Crippen molar-refractivity contribution in [2.24, 2.45) is 0 Å². The SMILES string of the molecule is Cc1ccc([N+](=O)[O-])cc1NC(=O)COC(=O)CCNS(=O)(=O)c1cccs1. The quantitative estimate of drug-likeness (QED) is 0.353. The fourth-order valence-electron chi connectivity index (χ4n) is 2.04. The lowest BCUT2D eigenvalue weighted by Crippen LogP contribution is -2.27. The van der Waals surface area contributed by atoms with Gasteiger partial charge in [0.25, 0.3) is 11.6 Å². The van der Waals surface area contributed by atoms with Crippen LogP contribution in [0.25, 0.3) is 0 Å². The minimum Gasteiger partial charge on any atom is -0.456 e. The van der Waals surface area contributed by atoms with Gasteiger partial charge in [-0.15, -0.1) is 11.3 Å². The van der Waals surface area contributed by atoms with Crippen molar-refractivity contribution in [3.05, 3.63) is 51.4 Å². The van der Waals surface area contributed by atoms with E-state index < -0.39 is 33.4 Å². The van der Waals surface area contributed by atoms with Gasteiger partial charge in [-0.1, -0.05) is 12.1 Å². The van der Waals surface area contributed by atoms with Crippen LogP contribution in [0.15, 0.2) is 39.9 Å². The number of aryl methyl sites for hydroxylation is 1. The zero-order valence-corrected chi connectivity index (χ0v) is 16.3. The van der Waals surface area contributed by atoms with Gasteiger partial charge < -0.3 is 10.1 Å². The number of carbonyl (C=O) groups excluding carboxylic acids is 2. The number of thiophene rings is 1. The lowest BCUT2D eigenvalue weighted by Gasteiger charge is -2.09. The summed E-state index contributed by atoms with van der Waals surface area (Å²) in [6.07, 6.45) is -0.256. The summed E-state index contributed by atoms with van der Waals surface area (Å²) >= 11 is 1.05. The molecule has 150 valence electrons. The number of ether oxygens (including phenoxy) is 1. The molecule has 1 amide bonds. The molecule has 12 heteroatoms. The van der Waals surface area contributed by atoms with Crippen LogP contribution in [0.3, 0.4) is 0 Å². The Labute approximate surface area is 164 Å². The maximum Gasteiger partial charge on any atom is 0.307 e. The molecule has 0 radical (unpaired) electrons. The molecule has 0 atom stereocenters. The monoisotopic (exact) mass is 427 g/mol. The van der Waals surface area contributed by atoms with Gasteiger partial charge in [-0.25, -0.2) is 13.1 Å². The molecule has 28 heavy (non-hydrogen) atoms. The fourth-order valence-corrected chi connectivity index (χ4v) is 4.11. The van der Waals surface area contributed by atoms with Crippen LogP contribution in [-0.2, 0) is 24.3 Å². The van der Waals surface area contributed by atoms with Crippen molar-refractivity contribution in [3.63, 3.8) is 0 Å². The van der Waals surface area contributed by atoms with E-state index in [4.69, 9.17) is 4.74 Å². The summed E-state index contributed by atoms with van der Waals surface area (Å²) < 4.78 is 30.9. The highest BCUT2D eigenvalue weighted by atomic mass is 32.2. The molecule has 0 aliphatic rings. The van der Waals surface area contributed by atoms with Gasteiger partial charge in [0.15, 0.2) is 6.61 Å². The van der Waals surface area contributed by atoms with Crippen LogP contribution in [0, 0.1) is 17.0 Å². The second-order valence-corrected chi connectivity index (χ2v) is 8.49. The first-order chi connectivity index (χ1) is 13.2. The van der Waals surface area contributed by atoms with Crippen molar-refractivity contribution < 1.29 is 27.7 Å². The highest BCUT2D eigenvalue weighted by Crippen LogP contribution is 2.21. The number of nitro groups is 1. The Morgan fingerprint density at radius 2 is 2.04 bits per heavy atom. The van der Waals surface area contributed by atoms with E-state index in [0.29, 0.717) is 5.56 Å². The topological polar surface area (TPSA) is 145 Å². The van der Waals surface area contributed by atoms with Crippen molar-refractivity contribution in [2.75, 3.05) is 18.5 Å². The number of hydrogen-bond donors (Lipinski definition) is 2. The van der Waals surface area contributed by atoms with Crippen LogP contribution in [0.2, 0.25) is 0 Å². The molecule has 0 spiro atoms. The smallest absolute Gasteiger partial charge is 0.307 e. The van der Waals surface area contributed by atoms with Crippen molar-refractivity contribution in [1.29, 1.82) is 0 Å². The molecular formula is C16H17N3O7S2. The van der Waals surface area contributed by atoms with Gasteiger partial charge in [0.2, 0.25) is 10.0 Å². The van der Waals surface area contributed by atoms with Crippen LogP contribution in [0.4, 0.5) is 11.4 Å². The summed E-state index contributed by atoms with van der Waals surface area (Å²) in [6, 6.07) is 7.02. The fraction of sp³-hybridized carbons (Fsp3) is 0.250. The molecule has 1 aromatic heterocycles. The van der Waals surface area contributed by atoms with Gasteiger partial charge in [0.1, 0.15) is 4.21 Å². The minimum atomic E-state index is -3.67. The van der Waals surface area contributed by atoms with Crippen LogP contribution in [-0.4, -0.2) is 38.4 Å². The van der Waals surface area contributed by atoms with E-state index in [1.54, 1.807) is 18.4 Å². The van der Waals surface area contributed by atoms with Gasteiger partial charge in [-0.05, 0) is 23.9 Å². The van der Waals surface area contributed by atoms with Crippen molar-refractivity contribution >= 4 is 44.6 Å². The number of benzene rings is 1. The number of anilines is 1. The van der Waals surface area contributed by atoms with Crippen molar-refractivity contribution in [3.8, 4) is 0 Å². The lowest BCUT2D eigenvalue weighted by molar-refractivity contribution is -0.384. The van der Waals surface area contributed by atoms with E-state index in [0.717, 1.165) is 11.3 Å². The van der Waals surface area contributed by atoms with Gasteiger partial charge in [-0.3, -0.25) is 19.7 Å². The molecule has 0 saturated heterocycles. The van der Waals surface area contributed by atoms with Gasteiger partial charge in [-0.2, -0.15) is 0 Å². The number of rotatable bonds is 9. The zero-order valence-electron chi connectivity index (χ0n) is 14.7.